The van der Waals surface area contributed by atoms with Crippen LogP contribution < -0.4 is 5.32 Å². The smallest absolute Gasteiger partial charge is 0.269 e. The molecule has 0 radical (unpaired) electrons. The number of rotatable bonds is 4. The molecule has 6 heteroatoms. The lowest BCUT2D eigenvalue weighted by atomic mass is 10.1. The van der Waals surface area contributed by atoms with Crippen LogP contribution in [0.2, 0.25) is 0 Å². The van der Waals surface area contributed by atoms with Crippen LogP contribution in [0.1, 0.15) is 10.4 Å². The molecule has 18 heavy (non-hydrogen) atoms. The van der Waals surface area contributed by atoms with Gasteiger partial charge < -0.3 is 5.32 Å². The van der Waals surface area contributed by atoms with Gasteiger partial charge in [-0.3, -0.25) is 19.8 Å². The van der Waals surface area contributed by atoms with Gasteiger partial charge in [-0.15, -0.1) is 0 Å². The minimum atomic E-state index is -0.468. The number of carbonyl (C=O) groups is 1. The zero-order valence-corrected chi connectivity index (χ0v) is 9.96. The molecule has 1 aliphatic rings. The molecular weight excluding hydrogens is 234 g/mol. The van der Waals surface area contributed by atoms with Crippen molar-refractivity contribution in [3.8, 4) is 0 Å². The molecule has 0 bridgehead atoms. The second-order valence-corrected chi connectivity index (χ2v) is 4.25. The molecule has 0 amide bonds. The van der Waals surface area contributed by atoms with Crippen molar-refractivity contribution in [1.82, 2.24) is 10.2 Å². The third-order valence-electron chi connectivity index (χ3n) is 2.98. The van der Waals surface area contributed by atoms with Gasteiger partial charge in [0.25, 0.3) is 5.69 Å². The molecule has 0 unspecified atom stereocenters. The number of carbonyl (C=O) groups excluding carboxylic acids is 1. The highest BCUT2D eigenvalue weighted by atomic mass is 16.6. The summed E-state index contributed by atoms with van der Waals surface area (Å²) in [5.41, 5.74) is 0.535. The highest BCUT2D eigenvalue weighted by Gasteiger charge is 2.15. The minimum absolute atomic E-state index is 0.00629. The number of nitrogens with zero attached hydrogens (tertiary/aromatic N) is 2. The van der Waals surface area contributed by atoms with Crippen LogP contribution in [-0.4, -0.2) is 48.3 Å². The van der Waals surface area contributed by atoms with E-state index in [2.05, 4.69) is 10.2 Å². The Morgan fingerprint density at radius 2 is 1.89 bits per heavy atom. The molecular formula is C12H15N3O3. The lowest BCUT2D eigenvalue weighted by molar-refractivity contribution is -0.384. The summed E-state index contributed by atoms with van der Waals surface area (Å²) in [6.07, 6.45) is 0. The van der Waals surface area contributed by atoms with Crippen molar-refractivity contribution < 1.29 is 9.72 Å². The van der Waals surface area contributed by atoms with Crippen LogP contribution in [0.4, 0.5) is 5.69 Å². The first kappa shape index (κ1) is 12.7. The Hall–Kier alpha value is -1.79. The third-order valence-corrected chi connectivity index (χ3v) is 2.98. The van der Waals surface area contributed by atoms with Gasteiger partial charge >= 0.3 is 0 Å². The van der Waals surface area contributed by atoms with E-state index in [1.165, 1.54) is 24.3 Å². The van der Waals surface area contributed by atoms with Crippen LogP contribution in [0, 0.1) is 10.1 Å². The summed E-state index contributed by atoms with van der Waals surface area (Å²) >= 11 is 0. The van der Waals surface area contributed by atoms with Crippen LogP contribution in [0.3, 0.4) is 0 Å². The van der Waals surface area contributed by atoms with Crippen LogP contribution in [0.25, 0.3) is 0 Å². The van der Waals surface area contributed by atoms with Crippen LogP contribution in [0.5, 0.6) is 0 Å². The van der Waals surface area contributed by atoms with E-state index < -0.39 is 4.92 Å². The monoisotopic (exact) mass is 249 g/mol. The SMILES string of the molecule is O=C(CN1CCNCC1)c1ccc([N+](=O)[O-])cc1. The number of Topliss-reactive ketones (excluding diaryl/α,β-unsaturated/α-hetero) is 1. The summed E-state index contributed by atoms with van der Waals surface area (Å²) in [6, 6.07) is 5.77. The fourth-order valence-corrected chi connectivity index (χ4v) is 1.93. The molecule has 1 aromatic rings. The molecule has 6 nitrogen and oxygen atoms in total. The molecule has 1 fully saturated rings. The van der Waals surface area contributed by atoms with Gasteiger partial charge in [0, 0.05) is 43.9 Å². The average molecular weight is 249 g/mol. The van der Waals surface area contributed by atoms with Gasteiger partial charge in [0.1, 0.15) is 0 Å². The summed E-state index contributed by atoms with van der Waals surface area (Å²) in [5, 5.41) is 13.7. The summed E-state index contributed by atoms with van der Waals surface area (Å²) in [7, 11) is 0. The van der Waals surface area contributed by atoms with Crippen molar-refractivity contribution in [2.24, 2.45) is 0 Å². The average Bonchev–Trinajstić information content (AvgIpc) is 2.40. The molecule has 96 valence electrons. The van der Waals surface area contributed by atoms with Gasteiger partial charge in [0.2, 0.25) is 0 Å². The number of nitro groups is 1. The van der Waals surface area contributed by atoms with E-state index >= 15 is 0 Å². The summed E-state index contributed by atoms with van der Waals surface area (Å²) in [4.78, 5) is 24.1. The maximum atomic E-state index is 12.0. The Morgan fingerprint density at radius 1 is 1.28 bits per heavy atom. The molecule has 0 spiro atoms. The molecule has 2 rings (SSSR count). The third kappa shape index (κ3) is 3.12. The number of hydrogen-bond acceptors (Lipinski definition) is 5. The Bertz CT molecular complexity index is 438. The molecule has 1 aliphatic heterocycles. The predicted octanol–water partition coefficient (Wildman–Crippen LogP) is 0.683. The maximum absolute atomic E-state index is 12.0. The summed E-state index contributed by atoms with van der Waals surface area (Å²) in [6.45, 7) is 3.89. The number of ketones is 1. The van der Waals surface area contributed by atoms with Crippen LogP contribution >= 0.6 is 0 Å². The minimum Gasteiger partial charge on any atom is -0.314 e. The highest BCUT2D eigenvalue weighted by Crippen LogP contribution is 2.12. The second-order valence-electron chi connectivity index (χ2n) is 4.25. The van der Waals surface area contributed by atoms with Crippen molar-refractivity contribution in [3.05, 3.63) is 39.9 Å². The largest absolute Gasteiger partial charge is 0.314 e. The molecule has 1 heterocycles. The molecule has 1 saturated heterocycles. The number of hydrogen-bond donors (Lipinski definition) is 1. The number of piperazine rings is 1. The first-order valence-electron chi connectivity index (χ1n) is 5.87. The van der Waals surface area contributed by atoms with Gasteiger partial charge in [-0.1, -0.05) is 0 Å². The normalized spacial score (nSPS) is 16.4. The fraction of sp³-hybridized carbons (Fsp3) is 0.417. The second kappa shape index (κ2) is 5.70. The van der Waals surface area contributed by atoms with Crippen molar-refractivity contribution in [2.75, 3.05) is 32.7 Å². The lowest BCUT2D eigenvalue weighted by Gasteiger charge is -2.26. The molecule has 1 aromatic carbocycles. The zero-order valence-electron chi connectivity index (χ0n) is 9.96. The molecule has 0 aromatic heterocycles. The van der Waals surface area contributed by atoms with Gasteiger partial charge in [-0.25, -0.2) is 0 Å². The maximum Gasteiger partial charge on any atom is 0.269 e. The van der Waals surface area contributed by atoms with E-state index in [0.717, 1.165) is 26.2 Å². The molecule has 0 aliphatic carbocycles. The van der Waals surface area contributed by atoms with Crippen LogP contribution in [-0.2, 0) is 0 Å². The summed E-state index contributed by atoms with van der Waals surface area (Å²) < 4.78 is 0. The number of nitro benzene ring substituents is 1. The highest BCUT2D eigenvalue weighted by molar-refractivity contribution is 5.97. The number of benzene rings is 1. The van der Waals surface area contributed by atoms with Gasteiger partial charge in [0.15, 0.2) is 5.78 Å². The predicted molar refractivity (Wildman–Crippen MR) is 66.7 cm³/mol. The van der Waals surface area contributed by atoms with E-state index in [1.54, 1.807) is 0 Å². The standard InChI is InChI=1S/C12H15N3O3/c16-12(9-14-7-5-13-6-8-14)10-1-3-11(4-2-10)15(17)18/h1-4,13H,5-9H2. The number of non-ortho nitro benzene ring substituents is 1. The van der Waals surface area contributed by atoms with E-state index in [4.69, 9.17) is 0 Å². The van der Waals surface area contributed by atoms with E-state index in [1.807, 2.05) is 0 Å². The topological polar surface area (TPSA) is 75.5 Å². The zero-order chi connectivity index (χ0) is 13.0. The lowest BCUT2D eigenvalue weighted by Crippen LogP contribution is -2.45. The Morgan fingerprint density at radius 3 is 2.44 bits per heavy atom. The van der Waals surface area contributed by atoms with Gasteiger partial charge in [-0.05, 0) is 12.1 Å². The van der Waals surface area contributed by atoms with Crippen molar-refractivity contribution in [2.45, 2.75) is 0 Å². The molecule has 0 saturated carbocycles. The number of nitrogens with one attached hydrogen (secondary N) is 1. The van der Waals surface area contributed by atoms with Crippen molar-refractivity contribution in [1.29, 1.82) is 0 Å². The first-order valence-corrected chi connectivity index (χ1v) is 5.87. The van der Waals surface area contributed by atoms with E-state index in [9.17, 15) is 14.9 Å². The van der Waals surface area contributed by atoms with E-state index in [-0.39, 0.29) is 11.5 Å². The van der Waals surface area contributed by atoms with Crippen molar-refractivity contribution >= 4 is 11.5 Å². The first-order chi connectivity index (χ1) is 8.66. The Labute approximate surface area is 105 Å². The van der Waals surface area contributed by atoms with E-state index in [0.29, 0.717) is 12.1 Å². The van der Waals surface area contributed by atoms with Gasteiger partial charge in [0.05, 0.1) is 11.5 Å². The van der Waals surface area contributed by atoms with Crippen LogP contribution in [0.15, 0.2) is 24.3 Å². The molecule has 1 N–H and O–H groups in total. The Kier molecular flexibility index (Phi) is 4.01. The quantitative estimate of drug-likeness (QED) is 0.482. The van der Waals surface area contributed by atoms with Crippen molar-refractivity contribution in [3.63, 3.8) is 0 Å². The summed E-state index contributed by atoms with van der Waals surface area (Å²) in [5.74, 6) is 0.00629. The molecule has 0 atom stereocenters. The Balaban J connectivity index is 1.97. The fourth-order valence-electron chi connectivity index (χ4n) is 1.93. The van der Waals surface area contributed by atoms with Gasteiger partial charge in [-0.2, -0.15) is 0 Å².